The average Bonchev–Trinajstić information content (AvgIpc) is 2.44. The van der Waals surface area contributed by atoms with Gasteiger partial charge < -0.3 is 10.1 Å². The molecule has 0 aromatic heterocycles. The van der Waals surface area contributed by atoms with Gasteiger partial charge in [-0.1, -0.05) is 6.92 Å². The van der Waals surface area contributed by atoms with E-state index in [0.717, 1.165) is 5.69 Å². The molecule has 1 aromatic rings. The number of benzene rings is 1. The molecule has 0 saturated carbocycles. The lowest BCUT2D eigenvalue weighted by atomic mass is 10.1. The molecule has 4 nitrogen and oxygen atoms in total. The maximum Gasteiger partial charge on any atom is 0.334 e. The highest BCUT2D eigenvalue weighted by atomic mass is 16.5. The van der Waals surface area contributed by atoms with Gasteiger partial charge in [0.2, 0.25) is 0 Å². The average molecular weight is 261 g/mol. The first-order chi connectivity index (χ1) is 9.12. The molecular formula is C15H19NO3. The maximum atomic E-state index is 12.0. The third-order valence-electron chi connectivity index (χ3n) is 2.68. The fraction of sp³-hybridized carbons (Fsp3) is 0.333. The number of anilines is 1. The summed E-state index contributed by atoms with van der Waals surface area (Å²) in [7, 11) is 1.81. The van der Waals surface area contributed by atoms with Gasteiger partial charge in [0.1, 0.15) is 0 Å². The minimum Gasteiger partial charge on any atom is -0.463 e. The molecule has 0 spiro atoms. The first kappa shape index (κ1) is 15.0. The van der Waals surface area contributed by atoms with Crippen molar-refractivity contribution in [2.24, 2.45) is 0 Å². The quantitative estimate of drug-likeness (QED) is 0.486. The van der Waals surface area contributed by atoms with Crippen molar-refractivity contribution in [3.05, 3.63) is 41.5 Å². The number of hydrogen-bond acceptors (Lipinski definition) is 4. The van der Waals surface area contributed by atoms with Crippen molar-refractivity contribution in [3.8, 4) is 0 Å². The topological polar surface area (TPSA) is 55.4 Å². The Morgan fingerprint density at radius 2 is 1.84 bits per heavy atom. The number of rotatable bonds is 6. The van der Waals surface area contributed by atoms with E-state index >= 15 is 0 Å². The molecule has 0 radical (unpaired) electrons. The Balaban J connectivity index is 2.88. The Kier molecular flexibility index (Phi) is 5.79. The molecule has 1 N–H and O–H groups in total. The van der Waals surface area contributed by atoms with E-state index in [9.17, 15) is 9.59 Å². The van der Waals surface area contributed by atoms with E-state index in [-0.39, 0.29) is 5.78 Å². The molecule has 0 aliphatic heterocycles. The van der Waals surface area contributed by atoms with Gasteiger partial charge >= 0.3 is 5.97 Å². The Hall–Kier alpha value is -2.10. The Labute approximate surface area is 113 Å². The Morgan fingerprint density at radius 1 is 1.21 bits per heavy atom. The summed E-state index contributed by atoms with van der Waals surface area (Å²) < 4.78 is 4.90. The molecule has 19 heavy (non-hydrogen) atoms. The van der Waals surface area contributed by atoms with Gasteiger partial charge in [0, 0.05) is 23.9 Å². The number of nitrogens with one attached hydrogen (secondary N) is 1. The van der Waals surface area contributed by atoms with E-state index in [2.05, 4.69) is 5.32 Å². The van der Waals surface area contributed by atoms with Crippen LogP contribution >= 0.6 is 0 Å². The van der Waals surface area contributed by atoms with Crippen molar-refractivity contribution in [3.63, 3.8) is 0 Å². The molecule has 0 saturated heterocycles. The summed E-state index contributed by atoms with van der Waals surface area (Å²) in [6.45, 7) is 3.87. The molecule has 102 valence electrons. The van der Waals surface area contributed by atoms with Crippen LogP contribution in [0.2, 0.25) is 0 Å². The van der Waals surface area contributed by atoms with Crippen molar-refractivity contribution in [2.75, 3.05) is 19.0 Å². The molecule has 0 unspecified atom stereocenters. The van der Waals surface area contributed by atoms with Crippen LogP contribution < -0.4 is 5.32 Å². The number of ether oxygens (including phenoxy) is 1. The number of hydrogen-bond donors (Lipinski definition) is 1. The molecule has 1 aromatic carbocycles. The number of esters is 1. The minimum absolute atomic E-state index is 0.187. The molecule has 0 amide bonds. The van der Waals surface area contributed by atoms with Crippen LogP contribution in [0.4, 0.5) is 5.69 Å². The zero-order valence-corrected chi connectivity index (χ0v) is 11.5. The van der Waals surface area contributed by atoms with Crippen molar-refractivity contribution >= 4 is 17.4 Å². The molecular weight excluding hydrogens is 242 g/mol. The number of allylic oxidation sites excluding steroid dienone is 1. The summed E-state index contributed by atoms with van der Waals surface area (Å²) in [4.78, 5) is 23.6. The first-order valence-corrected chi connectivity index (χ1v) is 6.32. The maximum absolute atomic E-state index is 12.0. The van der Waals surface area contributed by atoms with Gasteiger partial charge in [-0.05, 0) is 43.7 Å². The van der Waals surface area contributed by atoms with Gasteiger partial charge in [-0.15, -0.1) is 0 Å². The summed E-state index contributed by atoms with van der Waals surface area (Å²) in [6.07, 6.45) is 1.82. The van der Waals surface area contributed by atoms with Gasteiger partial charge in [-0.3, -0.25) is 4.79 Å². The summed E-state index contributed by atoms with van der Waals surface area (Å²) in [5.74, 6) is -0.613. The largest absolute Gasteiger partial charge is 0.463 e. The molecule has 0 heterocycles. The molecule has 0 fully saturated rings. The molecule has 4 heteroatoms. The number of carbonyl (C=O) groups excluding carboxylic acids is 2. The third kappa shape index (κ3) is 4.25. The van der Waals surface area contributed by atoms with Crippen LogP contribution in [0.3, 0.4) is 0 Å². The minimum atomic E-state index is -0.426. The standard InChI is InChI=1S/C15H19NO3/c1-4-11(15(18)19-5-2)10-14(17)12-6-8-13(16-3)9-7-12/h6-10,16H,4-5H2,1-3H3. The summed E-state index contributed by atoms with van der Waals surface area (Å²) in [5, 5.41) is 2.98. The summed E-state index contributed by atoms with van der Waals surface area (Å²) in [6, 6.07) is 7.08. The second-order valence-electron chi connectivity index (χ2n) is 3.94. The van der Waals surface area contributed by atoms with Crippen LogP contribution in [0, 0.1) is 0 Å². The molecule has 0 bridgehead atoms. The Morgan fingerprint density at radius 3 is 2.32 bits per heavy atom. The van der Waals surface area contributed by atoms with Gasteiger partial charge in [0.15, 0.2) is 5.78 Å². The summed E-state index contributed by atoms with van der Waals surface area (Å²) >= 11 is 0. The first-order valence-electron chi connectivity index (χ1n) is 6.32. The van der Waals surface area contributed by atoms with Crippen LogP contribution in [0.5, 0.6) is 0 Å². The monoisotopic (exact) mass is 261 g/mol. The molecule has 1 rings (SSSR count). The van der Waals surface area contributed by atoms with Crippen LogP contribution in [0.1, 0.15) is 30.6 Å². The molecule has 0 aliphatic rings. The summed E-state index contributed by atoms with van der Waals surface area (Å²) in [5.41, 5.74) is 1.88. The lowest BCUT2D eigenvalue weighted by molar-refractivity contribution is -0.138. The zero-order valence-electron chi connectivity index (χ0n) is 11.5. The van der Waals surface area contributed by atoms with E-state index in [1.807, 2.05) is 26.1 Å². The zero-order chi connectivity index (χ0) is 14.3. The van der Waals surface area contributed by atoms with Crippen molar-refractivity contribution < 1.29 is 14.3 Å². The van der Waals surface area contributed by atoms with Crippen LogP contribution in [-0.2, 0) is 9.53 Å². The highest BCUT2D eigenvalue weighted by Crippen LogP contribution is 2.12. The number of carbonyl (C=O) groups is 2. The molecule has 0 aliphatic carbocycles. The van der Waals surface area contributed by atoms with E-state index in [1.54, 1.807) is 19.1 Å². The fourth-order valence-corrected chi connectivity index (χ4v) is 1.57. The van der Waals surface area contributed by atoms with E-state index in [1.165, 1.54) is 6.08 Å². The highest BCUT2D eigenvalue weighted by Gasteiger charge is 2.11. The second kappa shape index (κ2) is 7.36. The predicted molar refractivity (Wildman–Crippen MR) is 75.3 cm³/mol. The smallest absolute Gasteiger partial charge is 0.334 e. The van der Waals surface area contributed by atoms with E-state index < -0.39 is 5.97 Å². The third-order valence-corrected chi connectivity index (χ3v) is 2.68. The van der Waals surface area contributed by atoms with Gasteiger partial charge in [0.25, 0.3) is 0 Å². The Bertz CT molecular complexity index is 475. The number of ketones is 1. The fourth-order valence-electron chi connectivity index (χ4n) is 1.57. The van der Waals surface area contributed by atoms with E-state index in [4.69, 9.17) is 4.74 Å². The normalized spacial score (nSPS) is 11.0. The van der Waals surface area contributed by atoms with Gasteiger partial charge in [-0.2, -0.15) is 0 Å². The highest BCUT2D eigenvalue weighted by molar-refractivity contribution is 6.08. The lowest BCUT2D eigenvalue weighted by Gasteiger charge is -2.04. The SMILES string of the molecule is CCOC(=O)C(=CC(=O)c1ccc(NC)cc1)CC. The van der Waals surface area contributed by atoms with Crippen LogP contribution in [0.15, 0.2) is 35.9 Å². The second-order valence-corrected chi connectivity index (χ2v) is 3.94. The van der Waals surface area contributed by atoms with Gasteiger partial charge in [0.05, 0.1) is 6.61 Å². The van der Waals surface area contributed by atoms with Crippen molar-refractivity contribution in [2.45, 2.75) is 20.3 Å². The van der Waals surface area contributed by atoms with Crippen LogP contribution in [-0.4, -0.2) is 25.4 Å². The van der Waals surface area contributed by atoms with Gasteiger partial charge in [-0.25, -0.2) is 4.79 Å². The van der Waals surface area contributed by atoms with Crippen molar-refractivity contribution in [1.82, 2.24) is 0 Å². The van der Waals surface area contributed by atoms with Crippen LogP contribution in [0.25, 0.3) is 0 Å². The lowest BCUT2D eigenvalue weighted by Crippen LogP contribution is -2.09. The molecule has 0 atom stereocenters. The predicted octanol–water partition coefficient (Wildman–Crippen LogP) is 2.81. The van der Waals surface area contributed by atoms with Crippen molar-refractivity contribution in [1.29, 1.82) is 0 Å². The van der Waals surface area contributed by atoms with E-state index in [0.29, 0.717) is 24.2 Å².